The zero-order chi connectivity index (χ0) is 22.5. The first-order valence-electron chi connectivity index (χ1n) is 9.57. The molecule has 1 heterocycles. The molecule has 0 saturated heterocycles. The van der Waals surface area contributed by atoms with E-state index in [2.05, 4.69) is 11.1 Å². The molecular formula is C24H17ClN2O5. The molecule has 160 valence electrons. The van der Waals surface area contributed by atoms with Crippen LogP contribution in [0.3, 0.4) is 0 Å². The summed E-state index contributed by atoms with van der Waals surface area (Å²) in [5, 5.41) is 9.85. The largest absolute Gasteiger partial charge is 0.489 e. The Balaban J connectivity index is 1.58. The van der Waals surface area contributed by atoms with Crippen LogP contribution in [0.4, 0.5) is 0 Å². The van der Waals surface area contributed by atoms with Gasteiger partial charge >= 0.3 is 5.97 Å². The number of nitrogens with zero attached hydrogens (tertiary/aromatic N) is 2. The number of esters is 1. The third kappa shape index (κ3) is 4.51. The number of hydrogen-bond acceptors (Lipinski definition) is 7. The summed E-state index contributed by atoms with van der Waals surface area (Å²) in [6.07, 6.45) is 0.237. The van der Waals surface area contributed by atoms with Gasteiger partial charge in [-0.1, -0.05) is 35.9 Å². The first-order chi connectivity index (χ1) is 15.6. The summed E-state index contributed by atoms with van der Waals surface area (Å²) in [5.74, 6) is -0.0147. The highest BCUT2D eigenvalue weighted by molar-refractivity contribution is 6.31. The van der Waals surface area contributed by atoms with Crippen LogP contribution in [0.5, 0.6) is 11.5 Å². The second-order valence-corrected chi connectivity index (χ2v) is 7.16. The molecule has 0 fully saturated rings. The van der Waals surface area contributed by atoms with Crippen molar-refractivity contribution in [2.75, 3.05) is 7.11 Å². The number of ether oxygens (including phenoxy) is 3. The maximum atomic E-state index is 12.4. The van der Waals surface area contributed by atoms with Crippen molar-refractivity contribution in [3.63, 3.8) is 0 Å². The Morgan fingerprint density at radius 3 is 2.81 bits per heavy atom. The Morgan fingerprint density at radius 1 is 1.19 bits per heavy atom. The SMILES string of the molecule is COC(=O)C(Oc1cc(OCc2ccc3ncoc3c2)ccc1C#N)c1ccccc1Cl. The van der Waals surface area contributed by atoms with Crippen molar-refractivity contribution in [1.82, 2.24) is 4.98 Å². The molecule has 1 unspecified atom stereocenters. The number of oxazole rings is 1. The number of rotatable bonds is 7. The minimum atomic E-state index is -1.15. The number of nitriles is 1. The lowest BCUT2D eigenvalue weighted by molar-refractivity contribution is -0.149. The van der Waals surface area contributed by atoms with Crippen molar-refractivity contribution in [1.29, 1.82) is 5.26 Å². The molecule has 0 aliphatic rings. The van der Waals surface area contributed by atoms with E-state index < -0.39 is 12.1 Å². The number of carbonyl (C=O) groups is 1. The van der Waals surface area contributed by atoms with Crippen LogP contribution >= 0.6 is 11.6 Å². The zero-order valence-electron chi connectivity index (χ0n) is 16.9. The molecule has 0 aliphatic heterocycles. The third-order valence-corrected chi connectivity index (χ3v) is 5.07. The highest BCUT2D eigenvalue weighted by Gasteiger charge is 2.27. The number of carbonyl (C=O) groups excluding carboxylic acids is 1. The van der Waals surface area contributed by atoms with Crippen LogP contribution in [0.15, 0.2) is 71.5 Å². The molecule has 8 heteroatoms. The summed E-state index contributed by atoms with van der Waals surface area (Å²) >= 11 is 6.25. The smallest absolute Gasteiger partial charge is 0.351 e. The molecule has 0 amide bonds. The second-order valence-electron chi connectivity index (χ2n) is 6.76. The Bertz CT molecular complexity index is 1310. The normalized spacial score (nSPS) is 11.5. The van der Waals surface area contributed by atoms with Gasteiger partial charge in [-0.2, -0.15) is 5.26 Å². The highest BCUT2D eigenvalue weighted by Crippen LogP contribution is 2.32. The average Bonchev–Trinajstić information content (AvgIpc) is 3.29. The van der Waals surface area contributed by atoms with E-state index >= 15 is 0 Å². The molecule has 1 aromatic heterocycles. The van der Waals surface area contributed by atoms with E-state index in [0.29, 0.717) is 21.9 Å². The van der Waals surface area contributed by atoms with Gasteiger partial charge in [0.05, 0.1) is 12.7 Å². The molecule has 1 atom stereocenters. The van der Waals surface area contributed by atoms with Crippen molar-refractivity contribution in [3.05, 3.63) is 88.8 Å². The van der Waals surface area contributed by atoms with Gasteiger partial charge in [-0.3, -0.25) is 0 Å². The van der Waals surface area contributed by atoms with Gasteiger partial charge in [0, 0.05) is 16.7 Å². The quantitative estimate of drug-likeness (QED) is 0.357. The van der Waals surface area contributed by atoms with Crippen LogP contribution in [-0.4, -0.2) is 18.1 Å². The molecule has 3 aromatic carbocycles. The first-order valence-corrected chi connectivity index (χ1v) is 9.95. The van der Waals surface area contributed by atoms with Crippen molar-refractivity contribution in [2.45, 2.75) is 12.7 Å². The van der Waals surface area contributed by atoms with Crippen LogP contribution in [0.25, 0.3) is 11.1 Å². The highest BCUT2D eigenvalue weighted by atomic mass is 35.5. The topological polar surface area (TPSA) is 94.6 Å². The van der Waals surface area contributed by atoms with Crippen molar-refractivity contribution < 1.29 is 23.4 Å². The van der Waals surface area contributed by atoms with Crippen molar-refractivity contribution in [3.8, 4) is 17.6 Å². The fourth-order valence-corrected chi connectivity index (χ4v) is 3.33. The molecule has 0 spiro atoms. The second kappa shape index (κ2) is 9.41. The Morgan fingerprint density at radius 2 is 2.03 bits per heavy atom. The van der Waals surface area contributed by atoms with Gasteiger partial charge in [0.25, 0.3) is 0 Å². The van der Waals surface area contributed by atoms with E-state index in [1.165, 1.54) is 13.5 Å². The first kappa shape index (κ1) is 21.2. The van der Waals surface area contributed by atoms with E-state index in [-0.39, 0.29) is 17.9 Å². The summed E-state index contributed by atoms with van der Waals surface area (Å²) in [5.41, 5.74) is 2.97. The van der Waals surface area contributed by atoms with Crippen molar-refractivity contribution in [2.24, 2.45) is 0 Å². The fraction of sp³-hybridized carbons (Fsp3) is 0.125. The Kier molecular flexibility index (Phi) is 6.24. The molecule has 0 bridgehead atoms. The monoisotopic (exact) mass is 448 g/mol. The van der Waals surface area contributed by atoms with E-state index in [1.54, 1.807) is 42.5 Å². The lowest BCUT2D eigenvalue weighted by Crippen LogP contribution is -2.21. The number of benzene rings is 3. The molecule has 32 heavy (non-hydrogen) atoms. The number of aromatic nitrogens is 1. The van der Waals surface area contributed by atoms with Crippen LogP contribution < -0.4 is 9.47 Å². The van der Waals surface area contributed by atoms with Crippen molar-refractivity contribution >= 4 is 28.7 Å². The Labute approximate surface area is 188 Å². The lowest BCUT2D eigenvalue weighted by atomic mass is 10.1. The van der Waals surface area contributed by atoms with E-state index in [0.717, 1.165) is 11.1 Å². The predicted octanol–water partition coefficient (Wildman–Crippen LogP) is 5.22. The van der Waals surface area contributed by atoms with Gasteiger partial charge in [0.15, 0.2) is 12.0 Å². The summed E-state index contributed by atoms with van der Waals surface area (Å²) in [6, 6.07) is 19.2. The Hall–Kier alpha value is -4.02. The minimum Gasteiger partial charge on any atom is -0.489 e. The van der Waals surface area contributed by atoms with E-state index in [9.17, 15) is 10.1 Å². The van der Waals surface area contributed by atoms with Gasteiger partial charge in [0.1, 0.15) is 29.7 Å². The number of methoxy groups -OCH3 is 1. The molecule has 7 nitrogen and oxygen atoms in total. The van der Waals surface area contributed by atoms with Crippen LogP contribution in [-0.2, 0) is 16.1 Å². The molecule has 4 rings (SSSR count). The van der Waals surface area contributed by atoms with Gasteiger partial charge in [-0.25, -0.2) is 9.78 Å². The number of hydrogen-bond donors (Lipinski definition) is 0. The van der Waals surface area contributed by atoms with Crippen LogP contribution in [0.1, 0.15) is 22.8 Å². The van der Waals surface area contributed by atoms with Gasteiger partial charge in [-0.05, 0) is 35.9 Å². The third-order valence-electron chi connectivity index (χ3n) is 4.72. The maximum absolute atomic E-state index is 12.4. The molecule has 4 aromatic rings. The van der Waals surface area contributed by atoms with Gasteiger partial charge < -0.3 is 18.6 Å². The van der Waals surface area contributed by atoms with E-state index in [4.69, 9.17) is 30.2 Å². The molecule has 0 radical (unpaired) electrons. The summed E-state index contributed by atoms with van der Waals surface area (Å²) < 4.78 is 22.0. The van der Waals surface area contributed by atoms with Crippen LogP contribution in [0, 0.1) is 11.3 Å². The summed E-state index contributed by atoms with van der Waals surface area (Å²) in [4.78, 5) is 16.5. The van der Waals surface area contributed by atoms with Gasteiger partial charge in [0.2, 0.25) is 6.10 Å². The number of halogens is 1. The van der Waals surface area contributed by atoms with Crippen LogP contribution in [0.2, 0.25) is 5.02 Å². The number of fused-ring (bicyclic) bond motifs is 1. The molecule has 0 N–H and O–H groups in total. The summed E-state index contributed by atoms with van der Waals surface area (Å²) in [7, 11) is 1.26. The van der Waals surface area contributed by atoms with E-state index in [1.807, 2.05) is 18.2 Å². The summed E-state index contributed by atoms with van der Waals surface area (Å²) in [6.45, 7) is 0.257. The predicted molar refractivity (Wildman–Crippen MR) is 116 cm³/mol. The molecule has 0 aliphatic carbocycles. The molecular weight excluding hydrogens is 432 g/mol. The maximum Gasteiger partial charge on any atom is 0.351 e. The molecule has 0 saturated carbocycles. The van der Waals surface area contributed by atoms with Gasteiger partial charge in [-0.15, -0.1) is 0 Å². The minimum absolute atomic E-state index is 0.172. The lowest BCUT2D eigenvalue weighted by Gasteiger charge is -2.19. The fourth-order valence-electron chi connectivity index (χ4n) is 3.10. The average molecular weight is 449 g/mol. The zero-order valence-corrected chi connectivity index (χ0v) is 17.7. The standard InChI is InChI=1S/C24H17ClN2O5/c1-29-24(28)23(18-4-2-3-5-19(18)25)32-21-11-17(8-7-16(21)12-26)30-13-15-6-9-20-22(10-15)31-14-27-20/h2-11,14,23H,13H2,1H3.